The molecule has 2 aliphatic rings. The number of nitrogens with one attached hydrogen (secondary N) is 4. The van der Waals surface area contributed by atoms with E-state index >= 15 is 0 Å². The number of carbonyl (C=O) groups is 1. The second-order valence-corrected chi connectivity index (χ2v) is 8.28. The molecule has 2 saturated heterocycles. The minimum atomic E-state index is -0.0494. The minimum absolute atomic E-state index is 0.0494. The second kappa shape index (κ2) is 7.22. The average molecular weight is 375 g/mol. The number of hydrogen-bond donors (Lipinski definition) is 4. The van der Waals surface area contributed by atoms with E-state index in [1.807, 2.05) is 18.2 Å². The van der Waals surface area contributed by atoms with E-state index < -0.39 is 0 Å². The predicted molar refractivity (Wildman–Crippen MR) is 106 cm³/mol. The molecule has 1 aromatic carbocycles. The smallest absolute Gasteiger partial charge is 0.237 e. The normalized spacial score (nSPS) is 22.2. The van der Waals surface area contributed by atoms with Crippen molar-refractivity contribution in [3.05, 3.63) is 34.5 Å². The number of amides is 1. The molecule has 3 heterocycles. The average Bonchev–Trinajstić information content (AvgIpc) is 3.17. The number of aryl methyl sites for hydroxylation is 1. The second-order valence-electron chi connectivity index (χ2n) is 7.85. The van der Waals surface area contributed by atoms with Gasteiger partial charge < -0.3 is 20.9 Å². The van der Waals surface area contributed by atoms with Crippen molar-refractivity contribution >= 4 is 28.4 Å². The third-order valence-corrected chi connectivity index (χ3v) is 6.33. The van der Waals surface area contributed by atoms with E-state index in [1.165, 1.54) is 18.4 Å². The number of rotatable bonds is 4. The van der Waals surface area contributed by atoms with Crippen LogP contribution >= 0.6 is 11.6 Å². The lowest BCUT2D eigenvalue weighted by Crippen LogP contribution is -2.41. The Labute approximate surface area is 159 Å². The third kappa shape index (κ3) is 3.48. The summed E-state index contributed by atoms with van der Waals surface area (Å²) in [6, 6.07) is 5.85. The summed E-state index contributed by atoms with van der Waals surface area (Å²) in [6.45, 7) is 5.82. The summed E-state index contributed by atoms with van der Waals surface area (Å²) in [5.74, 6) is 0.135. The van der Waals surface area contributed by atoms with Crippen molar-refractivity contribution in [2.75, 3.05) is 26.2 Å². The maximum atomic E-state index is 12.6. The summed E-state index contributed by atoms with van der Waals surface area (Å²) in [5, 5.41) is 11.9. The Hall–Kier alpha value is -1.56. The standard InChI is InChI=1S/C20H27ClN4O/c1-13-15(16-10-14(21)2-3-17(16)25-13)4-7-23-19(26)18-11-20(12-24-18)5-8-22-9-6-20/h2-3,10,18,22,24-25H,4-9,11-12H2,1H3,(H,23,26)/t18-/m1/s1. The van der Waals surface area contributed by atoms with Gasteiger partial charge in [-0.15, -0.1) is 0 Å². The summed E-state index contributed by atoms with van der Waals surface area (Å²) in [4.78, 5) is 16.0. The van der Waals surface area contributed by atoms with Gasteiger partial charge in [-0.1, -0.05) is 11.6 Å². The van der Waals surface area contributed by atoms with Crippen LogP contribution in [-0.2, 0) is 11.2 Å². The first-order valence-corrected chi connectivity index (χ1v) is 9.93. The van der Waals surface area contributed by atoms with Gasteiger partial charge in [-0.3, -0.25) is 4.79 Å². The van der Waals surface area contributed by atoms with E-state index in [0.717, 1.165) is 54.1 Å². The van der Waals surface area contributed by atoms with E-state index in [0.29, 0.717) is 12.0 Å². The van der Waals surface area contributed by atoms with Crippen LogP contribution in [0, 0.1) is 12.3 Å². The van der Waals surface area contributed by atoms with Gasteiger partial charge >= 0.3 is 0 Å². The molecule has 1 amide bonds. The molecule has 1 atom stereocenters. The molecule has 0 bridgehead atoms. The monoisotopic (exact) mass is 374 g/mol. The quantitative estimate of drug-likeness (QED) is 0.664. The Morgan fingerprint density at radius 3 is 2.96 bits per heavy atom. The van der Waals surface area contributed by atoms with Crippen LogP contribution in [0.4, 0.5) is 0 Å². The third-order valence-electron chi connectivity index (χ3n) is 6.10. The number of halogens is 1. The van der Waals surface area contributed by atoms with Gasteiger partial charge in [0, 0.05) is 34.7 Å². The molecule has 6 heteroatoms. The highest BCUT2D eigenvalue weighted by Gasteiger charge is 2.41. The first kappa shape index (κ1) is 17.8. The maximum Gasteiger partial charge on any atom is 0.237 e. The van der Waals surface area contributed by atoms with Crippen molar-refractivity contribution in [3.63, 3.8) is 0 Å². The molecule has 5 nitrogen and oxygen atoms in total. The van der Waals surface area contributed by atoms with Gasteiger partial charge in [0.25, 0.3) is 0 Å². The van der Waals surface area contributed by atoms with Gasteiger partial charge in [-0.05, 0) is 74.9 Å². The van der Waals surface area contributed by atoms with Crippen LogP contribution < -0.4 is 16.0 Å². The Kier molecular flexibility index (Phi) is 4.95. The molecule has 2 aromatic rings. The van der Waals surface area contributed by atoms with Crippen LogP contribution in [0.2, 0.25) is 5.02 Å². The fourth-order valence-electron chi connectivity index (χ4n) is 4.55. The number of hydrogen-bond acceptors (Lipinski definition) is 3. The summed E-state index contributed by atoms with van der Waals surface area (Å²) in [6.07, 6.45) is 4.10. The van der Waals surface area contributed by atoms with Gasteiger partial charge in [-0.2, -0.15) is 0 Å². The zero-order valence-corrected chi connectivity index (χ0v) is 16.0. The molecular formula is C20H27ClN4O. The summed E-state index contributed by atoms with van der Waals surface area (Å²) in [5.41, 5.74) is 3.79. The Balaban J connectivity index is 1.34. The van der Waals surface area contributed by atoms with Crippen LogP contribution in [0.25, 0.3) is 10.9 Å². The summed E-state index contributed by atoms with van der Waals surface area (Å²) in [7, 11) is 0. The highest BCUT2D eigenvalue weighted by Crippen LogP contribution is 2.37. The number of benzene rings is 1. The lowest BCUT2D eigenvalue weighted by atomic mass is 9.77. The van der Waals surface area contributed by atoms with E-state index in [2.05, 4.69) is 27.9 Å². The molecule has 0 unspecified atom stereocenters. The molecule has 26 heavy (non-hydrogen) atoms. The fourth-order valence-corrected chi connectivity index (χ4v) is 4.72. The topological polar surface area (TPSA) is 69.0 Å². The van der Waals surface area contributed by atoms with E-state index in [-0.39, 0.29) is 11.9 Å². The van der Waals surface area contributed by atoms with Gasteiger partial charge in [0.05, 0.1) is 6.04 Å². The Morgan fingerprint density at radius 1 is 1.35 bits per heavy atom. The predicted octanol–water partition coefficient (Wildman–Crippen LogP) is 2.52. The van der Waals surface area contributed by atoms with Crippen LogP contribution in [0.3, 0.4) is 0 Å². The van der Waals surface area contributed by atoms with Crippen molar-refractivity contribution in [1.82, 2.24) is 20.9 Å². The number of piperidine rings is 1. The van der Waals surface area contributed by atoms with Crippen LogP contribution in [0.15, 0.2) is 18.2 Å². The van der Waals surface area contributed by atoms with Crippen LogP contribution in [0.1, 0.15) is 30.5 Å². The minimum Gasteiger partial charge on any atom is -0.358 e. The van der Waals surface area contributed by atoms with Gasteiger partial charge in [0.1, 0.15) is 0 Å². The number of aromatic nitrogens is 1. The lowest BCUT2D eigenvalue weighted by molar-refractivity contribution is -0.122. The molecule has 0 aliphatic carbocycles. The number of H-pyrrole nitrogens is 1. The molecule has 2 fully saturated rings. The molecule has 4 N–H and O–H groups in total. The molecule has 2 aliphatic heterocycles. The number of fused-ring (bicyclic) bond motifs is 1. The van der Waals surface area contributed by atoms with Crippen molar-refractivity contribution in [2.24, 2.45) is 5.41 Å². The summed E-state index contributed by atoms with van der Waals surface area (Å²) >= 11 is 6.15. The first-order chi connectivity index (χ1) is 12.6. The first-order valence-electron chi connectivity index (χ1n) is 9.55. The fraction of sp³-hybridized carbons (Fsp3) is 0.550. The van der Waals surface area contributed by atoms with Crippen molar-refractivity contribution in [2.45, 2.75) is 38.6 Å². The van der Waals surface area contributed by atoms with Gasteiger partial charge in [-0.25, -0.2) is 0 Å². The molecule has 0 saturated carbocycles. The van der Waals surface area contributed by atoms with Crippen molar-refractivity contribution in [3.8, 4) is 0 Å². The Bertz CT molecular complexity index is 809. The Morgan fingerprint density at radius 2 is 2.15 bits per heavy atom. The largest absolute Gasteiger partial charge is 0.358 e. The van der Waals surface area contributed by atoms with E-state index in [4.69, 9.17) is 11.6 Å². The molecular weight excluding hydrogens is 348 g/mol. The van der Waals surface area contributed by atoms with Crippen LogP contribution in [0.5, 0.6) is 0 Å². The summed E-state index contributed by atoms with van der Waals surface area (Å²) < 4.78 is 0. The lowest BCUT2D eigenvalue weighted by Gasteiger charge is -2.33. The van der Waals surface area contributed by atoms with Gasteiger partial charge in [0.2, 0.25) is 5.91 Å². The molecule has 140 valence electrons. The van der Waals surface area contributed by atoms with Crippen LogP contribution in [-0.4, -0.2) is 43.1 Å². The maximum absolute atomic E-state index is 12.6. The number of carbonyl (C=O) groups excluding carboxylic acids is 1. The molecule has 1 spiro atoms. The number of aromatic amines is 1. The zero-order valence-electron chi connectivity index (χ0n) is 15.3. The molecule has 4 rings (SSSR count). The SMILES string of the molecule is Cc1[nH]c2ccc(Cl)cc2c1CCNC(=O)[C@H]1CC2(CCNCC2)CN1. The highest BCUT2D eigenvalue weighted by molar-refractivity contribution is 6.31. The molecule has 1 aromatic heterocycles. The zero-order chi connectivity index (χ0) is 18.1. The molecule has 0 radical (unpaired) electrons. The van der Waals surface area contributed by atoms with E-state index in [1.54, 1.807) is 0 Å². The van der Waals surface area contributed by atoms with E-state index in [9.17, 15) is 4.79 Å². The van der Waals surface area contributed by atoms with Crippen molar-refractivity contribution in [1.29, 1.82) is 0 Å². The van der Waals surface area contributed by atoms with Crippen molar-refractivity contribution < 1.29 is 4.79 Å². The van der Waals surface area contributed by atoms with Gasteiger partial charge in [0.15, 0.2) is 0 Å². The highest BCUT2D eigenvalue weighted by atomic mass is 35.5.